The number of nitriles is 1. The van der Waals surface area contributed by atoms with E-state index in [9.17, 15) is 4.79 Å². The minimum absolute atomic E-state index is 0.466. The number of nitrogens with zero attached hydrogens (tertiary/aromatic N) is 1. The van der Waals surface area contributed by atoms with Crippen molar-refractivity contribution in [2.75, 3.05) is 5.32 Å². The molecule has 84 valence electrons. The molecule has 1 atom stereocenters. The van der Waals surface area contributed by atoms with Gasteiger partial charge in [-0.3, -0.25) is 0 Å². The van der Waals surface area contributed by atoms with E-state index < -0.39 is 12.0 Å². The van der Waals surface area contributed by atoms with Crippen LogP contribution in [0.4, 0.5) is 5.69 Å². The van der Waals surface area contributed by atoms with Gasteiger partial charge in [0.2, 0.25) is 0 Å². The van der Waals surface area contributed by atoms with E-state index in [1.165, 1.54) is 0 Å². The number of carboxylic acids is 1. The van der Waals surface area contributed by atoms with Crippen molar-refractivity contribution in [3.05, 3.63) is 29.3 Å². The Kier molecular flexibility index (Phi) is 3.90. The summed E-state index contributed by atoms with van der Waals surface area (Å²) in [5.41, 5.74) is 2.02. The number of nitrogens with one attached hydrogen (secondary N) is 1. The van der Waals surface area contributed by atoms with Gasteiger partial charge in [-0.05, 0) is 31.0 Å². The van der Waals surface area contributed by atoms with Crippen molar-refractivity contribution < 1.29 is 9.90 Å². The lowest BCUT2D eigenvalue weighted by Crippen LogP contribution is -2.28. The first kappa shape index (κ1) is 12.1. The first-order chi connectivity index (χ1) is 7.58. The summed E-state index contributed by atoms with van der Waals surface area (Å²) in [4.78, 5) is 10.9. The maximum Gasteiger partial charge on any atom is 0.326 e. The molecule has 0 spiro atoms. The van der Waals surface area contributed by atoms with Crippen molar-refractivity contribution in [3.63, 3.8) is 0 Å². The summed E-state index contributed by atoms with van der Waals surface area (Å²) in [5, 5.41) is 20.7. The van der Waals surface area contributed by atoms with Gasteiger partial charge >= 0.3 is 5.97 Å². The molecule has 1 unspecified atom stereocenters. The van der Waals surface area contributed by atoms with Crippen molar-refractivity contribution in [1.82, 2.24) is 0 Å². The van der Waals surface area contributed by atoms with Gasteiger partial charge in [-0.15, -0.1) is 0 Å². The van der Waals surface area contributed by atoms with Gasteiger partial charge in [-0.2, -0.15) is 5.26 Å². The fraction of sp³-hybridized carbons (Fsp3) is 0.333. The predicted molar refractivity (Wildman–Crippen MR) is 61.2 cm³/mol. The van der Waals surface area contributed by atoms with Gasteiger partial charge in [0.15, 0.2) is 0 Å². The van der Waals surface area contributed by atoms with Crippen LogP contribution in [0.15, 0.2) is 18.2 Å². The highest BCUT2D eigenvalue weighted by Crippen LogP contribution is 2.18. The molecule has 0 aliphatic rings. The topological polar surface area (TPSA) is 73.1 Å². The Balaban J connectivity index is 2.97. The van der Waals surface area contributed by atoms with E-state index in [0.29, 0.717) is 17.7 Å². The Hall–Kier alpha value is -2.02. The molecule has 0 saturated carbocycles. The zero-order chi connectivity index (χ0) is 12.1. The monoisotopic (exact) mass is 218 g/mol. The second kappa shape index (κ2) is 5.17. The van der Waals surface area contributed by atoms with Gasteiger partial charge in [-0.1, -0.05) is 13.0 Å². The molecule has 2 N–H and O–H groups in total. The number of benzene rings is 1. The fourth-order valence-electron chi connectivity index (χ4n) is 1.40. The van der Waals surface area contributed by atoms with Crippen molar-refractivity contribution in [1.29, 1.82) is 5.26 Å². The van der Waals surface area contributed by atoms with Gasteiger partial charge in [0, 0.05) is 0 Å². The number of carboxylic acid groups (broad SMARTS) is 1. The van der Waals surface area contributed by atoms with Crippen molar-refractivity contribution in [3.8, 4) is 6.07 Å². The van der Waals surface area contributed by atoms with Gasteiger partial charge in [0.25, 0.3) is 0 Å². The Morgan fingerprint density at radius 3 is 2.81 bits per heavy atom. The number of aryl methyl sites for hydroxylation is 1. The van der Waals surface area contributed by atoms with E-state index in [2.05, 4.69) is 5.32 Å². The summed E-state index contributed by atoms with van der Waals surface area (Å²) in [6.07, 6.45) is 0.466. The van der Waals surface area contributed by atoms with Gasteiger partial charge in [-0.25, -0.2) is 4.79 Å². The molecular formula is C12H14N2O2. The molecule has 4 heteroatoms. The highest BCUT2D eigenvalue weighted by atomic mass is 16.4. The zero-order valence-corrected chi connectivity index (χ0v) is 9.32. The van der Waals surface area contributed by atoms with E-state index in [1.807, 2.05) is 19.1 Å². The number of carbonyl (C=O) groups is 1. The summed E-state index contributed by atoms with van der Waals surface area (Å²) < 4.78 is 0. The molecular weight excluding hydrogens is 204 g/mol. The quantitative estimate of drug-likeness (QED) is 0.812. The van der Waals surface area contributed by atoms with E-state index in [-0.39, 0.29) is 0 Å². The standard InChI is InChI=1S/C12H14N2O2/c1-3-10(12(15)16)14-11-5-4-8(2)6-9(11)7-13/h4-6,10,14H,3H2,1-2H3,(H,15,16). The Labute approximate surface area is 94.5 Å². The highest BCUT2D eigenvalue weighted by molar-refractivity contribution is 5.78. The van der Waals surface area contributed by atoms with Crippen molar-refractivity contribution in [2.45, 2.75) is 26.3 Å². The van der Waals surface area contributed by atoms with Gasteiger partial charge in [0.1, 0.15) is 12.1 Å². The van der Waals surface area contributed by atoms with Crippen LogP contribution in [-0.4, -0.2) is 17.1 Å². The minimum Gasteiger partial charge on any atom is -0.480 e. The van der Waals surface area contributed by atoms with Gasteiger partial charge < -0.3 is 10.4 Å². The molecule has 0 aliphatic carbocycles. The molecule has 16 heavy (non-hydrogen) atoms. The molecule has 1 rings (SSSR count). The van der Waals surface area contributed by atoms with Crippen LogP contribution >= 0.6 is 0 Å². The van der Waals surface area contributed by atoms with E-state index >= 15 is 0 Å². The molecule has 0 fully saturated rings. The minimum atomic E-state index is -0.910. The smallest absolute Gasteiger partial charge is 0.326 e. The number of anilines is 1. The average Bonchev–Trinajstić information content (AvgIpc) is 2.26. The van der Waals surface area contributed by atoms with Crippen LogP contribution in [0.1, 0.15) is 24.5 Å². The molecule has 0 saturated heterocycles. The van der Waals surface area contributed by atoms with E-state index in [4.69, 9.17) is 10.4 Å². The number of hydrogen-bond acceptors (Lipinski definition) is 3. The largest absolute Gasteiger partial charge is 0.480 e. The molecule has 4 nitrogen and oxygen atoms in total. The lowest BCUT2D eigenvalue weighted by Gasteiger charge is -2.14. The normalized spacial score (nSPS) is 11.6. The van der Waals surface area contributed by atoms with Crippen LogP contribution < -0.4 is 5.32 Å². The Bertz CT molecular complexity index is 435. The van der Waals surface area contributed by atoms with Crippen LogP contribution in [0.25, 0.3) is 0 Å². The zero-order valence-electron chi connectivity index (χ0n) is 9.32. The number of hydrogen-bond donors (Lipinski definition) is 2. The summed E-state index contributed by atoms with van der Waals surface area (Å²) >= 11 is 0. The summed E-state index contributed by atoms with van der Waals surface area (Å²) in [7, 11) is 0. The van der Waals surface area contributed by atoms with E-state index in [0.717, 1.165) is 5.56 Å². The molecule has 0 heterocycles. The lowest BCUT2D eigenvalue weighted by molar-refractivity contribution is -0.137. The first-order valence-electron chi connectivity index (χ1n) is 5.08. The number of rotatable bonds is 4. The molecule has 0 aliphatic heterocycles. The summed E-state index contributed by atoms with van der Waals surface area (Å²) in [6.45, 7) is 3.67. The third-order valence-electron chi connectivity index (χ3n) is 2.33. The summed E-state index contributed by atoms with van der Waals surface area (Å²) in [5.74, 6) is -0.910. The van der Waals surface area contributed by atoms with Crippen LogP contribution in [-0.2, 0) is 4.79 Å². The molecule has 0 bridgehead atoms. The van der Waals surface area contributed by atoms with Crippen molar-refractivity contribution in [2.24, 2.45) is 0 Å². The predicted octanol–water partition coefficient (Wildman–Crippen LogP) is 2.14. The Morgan fingerprint density at radius 2 is 2.31 bits per heavy atom. The second-order valence-corrected chi connectivity index (χ2v) is 3.60. The maximum absolute atomic E-state index is 10.9. The molecule has 0 radical (unpaired) electrons. The SMILES string of the molecule is CCC(Nc1ccc(C)cc1C#N)C(=O)O. The first-order valence-corrected chi connectivity index (χ1v) is 5.08. The van der Waals surface area contributed by atoms with Crippen molar-refractivity contribution >= 4 is 11.7 Å². The second-order valence-electron chi connectivity index (χ2n) is 3.60. The molecule has 1 aromatic rings. The highest BCUT2D eigenvalue weighted by Gasteiger charge is 2.15. The van der Waals surface area contributed by atoms with Crippen LogP contribution in [0, 0.1) is 18.3 Å². The molecule has 1 aromatic carbocycles. The van der Waals surface area contributed by atoms with Crippen LogP contribution in [0.5, 0.6) is 0 Å². The average molecular weight is 218 g/mol. The molecule has 0 aromatic heterocycles. The summed E-state index contributed by atoms with van der Waals surface area (Å²) in [6, 6.07) is 6.71. The third kappa shape index (κ3) is 2.74. The molecule has 0 amide bonds. The Morgan fingerprint density at radius 1 is 1.62 bits per heavy atom. The van der Waals surface area contributed by atoms with E-state index in [1.54, 1.807) is 19.1 Å². The number of aliphatic carboxylic acids is 1. The third-order valence-corrected chi connectivity index (χ3v) is 2.33. The maximum atomic E-state index is 10.9. The van der Waals surface area contributed by atoms with Crippen LogP contribution in [0.2, 0.25) is 0 Å². The fourth-order valence-corrected chi connectivity index (χ4v) is 1.40. The lowest BCUT2D eigenvalue weighted by atomic mass is 10.1. The van der Waals surface area contributed by atoms with Gasteiger partial charge in [0.05, 0.1) is 11.3 Å². The van der Waals surface area contributed by atoms with Crippen LogP contribution in [0.3, 0.4) is 0 Å².